The van der Waals surface area contributed by atoms with E-state index in [-0.39, 0.29) is 0 Å². The first-order valence-corrected chi connectivity index (χ1v) is 7.32. The summed E-state index contributed by atoms with van der Waals surface area (Å²) >= 11 is 1.41. The monoisotopic (exact) mass is 289 g/mol. The van der Waals surface area contributed by atoms with Gasteiger partial charge >= 0.3 is 0 Å². The average Bonchev–Trinajstić information content (AvgIpc) is 2.84. The normalized spacial score (nSPS) is 10.5. The quantitative estimate of drug-likeness (QED) is 0.617. The lowest BCUT2D eigenvalue weighted by atomic mass is 10.3. The minimum atomic E-state index is 0.501. The Kier molecular flexibility index (Phi) is 4.69. The van der Waals surface area contributed by atoms with E-state index in [1.165, 1.54) is 11.8 Å². The van der Waals surface area contributed by atoms with Crippen LogP contribution in [0.4, 0.5) is 0 Å². The molecule has 0 bridgehead atoms. The third-order valence-electron chi connectivity index (χ3n) is 2.60. The Morgan fingerprint density at radius 2 is 2.05 bits per heavy atom. The van der Waals surface area contributed by atoms with Gasteiger partial charge in [-0.2, -0.15) is 10.2 Å². The van der Waals surface area contributed by atoms with Crippen molar-refractivity contribution in [3.05, 3.63) is 28.8 Å². The number of aryl methyl sites for hydroxylation is 3. The highest BCUT2D eigenvalue weighted by atomic mass is 32.2. The van der Waals surface area contributed by atoms with E-state index in [9.17, 15) is 0 Å². The molecule has 0 unspecified atom stereocenters. The maximum Gasteiger partial charge on any atom is 0.237 e. The van der Waals surface area contributed by atoms with Crippen molar-refractivity contribution in [2.24, 2.45) is 0 Å². The zero-order chi connectivity index (χ0) is 14.5. The molecule has 7 heteroatoms. The number of nitrogens with zero attached hydrogens (tertiary/aromatic N) is 5. The molecule has 2 rings (SSSR count). The summed E-state index contributed by atoms with van der Waals surface area (Å²) in [6, 6.07) is 2.14. The first kappa shape index (κ1) is 14.5. The second-order valence-electron chi connectivity index (χ2n) is 4.29. The molecule has 0 atom stereocenters. The summed E-state index contributed by atoms with van der Waals surface area (Å²) in [5.41, 5.74) is 1.20. The highest BCUT2D eigenvalue weighted by molar-refractivity contribution is 7.98. The lowest BCUT2D eigenvalue weighted by Crippen LogP contribution is -1.99. The van der Waals surface area contributed by atoms with Gasteiger partial charge in [-0.25, -0.2) is 9.97 Å². The Morgan fingerprint density at radius 1 is 1.25 bits per heavy atom. The Balaban J connectivity index is 2.12. The molecular weight excluding hydrogens is 274 g/mol. The van der Waals surface area contributed by atoms with E-state index in [0.29, 0.717) is 33.8 Å². The van der Waals surface area contributed by atoms with Crippen LogP contribution in [-0.2, 0) is 12.2 Å². The van der Waals surface area contributed by atoms with E-state index in [1.807, 2.05) is 13.8 Å². The van der Waals surface area contributed by atoms with Crippen molar-refractivity contribution in [2.45, 2.75) is 44.4 Å². The molecular formula is C13H15N5OS. The average molecular weight is 289 g/mol. The zero-order valence-electron chi connectivity index (χ0n) is 11.7. The van der Waals surface area contributed by atoms with Gasteiger partial charge < -0.3 is 4.52 Å². The first-order valence-electron chi connectivity index (χ1n) is 6.33. The van der Waals surface area contributed by atoms with Gasteiger partial charge in [0, 0.05) is 6.42 Å². The molecule has 0 amide bonds. The maximum atomic E-state index is 9.17. The highest BCUT2D eigenvalue weighted by Gasteiger charge is 2.13. The molecule has 0 aliphatic carbocycles. The summed E-state index contributed by atoms with van der Waals surface area (Å²) in [5.74, 6) is 2.43. The van der Waals surface area contributed by atoms with Crippen LogP contribution in [0, 0.1) is 25.2 Å². The van der Waals surface area contributed by atoms with Gasteiger partial charge in [0.2, 0.25) is 5.89 Å². The van der Waals surface area contributed by atoms with Gasteiger partial charge in [0.25, 0.3) is 0 Å². The topological polar surface area (TPSA) is 88.5 Å². The van der Waals surface area contributed by atoms with Crippen molar-refractivity contribution >= 4 is 11.8 Å². The van der Waals surface area contributed by atoms with Gasteiger partial charge in [0.15, 0.2) is 5.82 Å². The summed E-state index contributed by atoms with van der Waals surface area (Å²) < 4.78 is 5.16. The molecule has 6 nitrogen and oxygen atoms in total. The van der Waals surface area contributed by atoms with E-state index < -0.39 is 0 Å². The minimum Gasteiger partial charge on any atom is -0.338 e. The summed E-state index contributed by atoms with van der Waals surface area (Å²) in [6.07, 6.45) is 1.79. The van der Waals surface area contributed by atoms with Crippen molar-refractivity contribution in [3.8, 4) is 6.07 Å². The van der Waals surface area contributed by atoms with Crippen molar-refractivity contribution in [1.82, 2.24) is 20.1 Å². The molecule has 0 saturated carbocycles. The van der Waals surface area contributed by atoms with Crippen LogP contribution in [0.1, 0.15) is 42.1 Å². The molecule has 0 radical (unpaired) electrons. The SMILES string of the molecule is CCCc1noc(CSc2nc(C)nc(C)c2C#N)n1. The Bertz CT molecular complexity index is 647. The fourth-order valence-corrected chi connectivity index (χ4v) is 2.63. The number of thioether (sulfide) groups is 1. The summed E-state index contributed by atoms with van der Waals surface area (Å²) in [7, 11) is 0. The van der Waals surface area contributed by atoms with Gasteiger partial charge in [-0.1, -0.05) is 23.8 Å². The molecule has 0 spiro atoms. The van der Waals surface area contributed by atoms with Crippen molar-refractivity contribution in [2.75, 3.05) is 0 Å². The number of hydrogen-bond donors (Lipinski definition) is 0. The number of aromatic nitrogens is 4. The Hall–Kier alpha value is -1.94. The van der Waals surface area contributed by atoms with E-state index >= 15 is 0 Å². The minimum absolute atomic E-state index is 0.501. The van der Waals surface area contributed by atoms with Gasteiger partial charge in [0.05, 0.1) is 11.4 Å². The van der Waals surface area contributed by atoms with Crippen LogP contribution in [0.3, 0.4) is 0 Å². The van der Waals surface area contributed by atoms with Crippen LogP contribution in [0.25, 0.3) is 0 Å². The van der Waals surface area contributed by atoms with Crippen LogP contribution in [0.5, 0.6) is 0 Å². The first-order chi connectivity index (χ1) is 9.63. The van der Waals surface area contributed by atoms with E-state index in [1.54, 1.807) is 0 Å². The lowest BCUT2D eigenvalue weighted by molar-refractivity contribution is 0.384. The number of hydrogen-bond acceptors (Lipinski definition) is 7. The van der Waals surface area contributed by atoms with E-state index in [4.69, 9.17) is 9.78 Å². The predicted octanol–water partition coefficient (Wildman–Crippen LogP) is 2.59. The molecule has 2 heterocycles. The van der Waals surface area contributed by atoms with Gasteiger partial charge in [-0.15, -0.1) is 0 Å². The molecule has 2 aromatic heterocycles. The molecule has 0 aliphatic heterocycles. The van der Waals surface area contributed by atoms with Crippen LogP contribution >= 0.6 is 11.8 Å². The zero-order valence-corrected chi connectivity index (χ0v) is 12.5. The molecule has 0 fully saturated rings. The van der Waals surface area contributed by atoms with E-state index in [0.717, 1.165) is 18.7 Å². The van der Waals surface area contributed by atoms with Crippen molar-refractivity contribution < 1.29 is 4.52 Å². The Labute approximate surface area is 121 Å². The summed E-state index contributed by atoms with van der Waals surface area (Å²) in [5, 5.41) is 13.7. The third-order valence-corrected chi connectivity index (χ3v) is 3.56. The lowest BCUT2D eigenvalue weighted by Gasteiger charge is -2.04. The molecule has 0 N–H and O–H groups in total. The van der Waals surface area contributed by atoms with Crippen LogP contribution in [-0.4, -0.2) is 20.1 Å². The van der Waals surface area contributed by atoms with Gasteiger partial charge in [0.1, 0.15) is 22.5 Å². The standard InChI is InChI=1S/C13H15N5OS/c1-4-5-11-17-12(19-18-11)7-20-13-10(6-14)8(2)15-9(3)16-13/h4-5,7H2,1-3H3. The fraction of sp³-hybridized carbons (Fsp3) is 0.462. The maximum absolute atomic E-state index is 9.17. The van der Waals surface area contributed by atoms with Crippen LogP contribution in [0.2, 0.25) is 0 Å². The van der Waals surface area contributed by atoms with Gasteiger partial charge in [-0.3, -0.25) is 0 Å². The highest BCUT2D eigenvalue weighted by Crippen LogP contribution is 2.25. The second kappa shape index (κ2) is 6.48. The predicted molar refractivity (Wildman–Crippen MR) is 74.1 cm³/mol. The second-order valence-corrected chi connectivity index (χ2v) is 5.26. The number of nitriles is 1. The molecule has 0 aliphatic rings. The fourth-order valence-electron chi connectivity index (χ4n) is 1.72. The van der Waals surface area contributed by atoms with Crippen molar-refractivity contribution in [3.63, 3.8) is 0 Å². The third kappa shape index (κ3) is 3.33. The van der Waals surface area contributed by atoms with Crippen molar-refractivity contribution in [1.29, 1.82) is 5.26 Å². The molecule has 20 heavy (non-hydrogen) atoms. The molecule has 104 valence electrons. The van der Waals surface area contributed by atoms with Crippen LogP contribution in [0.15, 0.2) is 9.55 Å². The summed E-state index contributed by atoms with van der Waals surface area (Å²) in [6.45, 7) is 5.68. The van der Waals surface area contributed by atoms with Gasteiger partial charge in [-0.05, 0) is 20.3 Å². The smallest absolute Gasteiger partial charge is 0.237 e. The summed E-state index contributed by atoms with van der Waals surface area (Å²) in [4.78, 5) is 12.8. The molecule has 2 aromatic rings. The number of rotatable bonds is 5. The van der Waals surface area contributed by atoms with E-state index in [2.05, 4.69) is 33.1 Å². The molecule has 0 aromatic carbocycles. The largest absolute Gasteiger partial charge is 0.338 e. The van der Waals surface area contributed by atoms with Crippen LogP contribution < -0.4 is 0 Å². The molecule has 0 saturated heterocycles. The Morgan fingerprint density at radius 3 is 2.75 bits per heavy atom.